The fourth-order valence-electron chi connectivity index (χ4n) is 1.89. The molecule has 0 saturated carbocycles. The van der Waals surface area contributed by atoms with Gasteiger partial charge in [0.1, 0.15) is 11.6 Å². The number of aromatic hydroxyl groups is 1. The molecule has 5 heteroatoms. The molecule has 1 aromatic rings. The summed E-state index contributed by atoms with van der Waals surface area (Å²) in [7, 11) is 3.39. The molecular weight excluding hydrogens is 247 g/mol. The van der Waals surface area contributed by atoms with Crippen molar-refractivity contribution in [2.24, 2.45) is 0 Å². The van der Waals surface area contributed by atoms with E-state index in [0.29, 0.717) is 12.1 Å². The number of carbonyl (C=O) groups excluding carboxylic acids is 1. The smallest absolute Gasteiger partial charge is 0.236 e. The number of phenolic OH excluding ortho intramolecular Hbond substituents is 1. The van der Waals surface area contributed by atoms with Gasteiger partial charge in [-0.1, -0.05) is 13.0 Å². The van der Waals surface area contributed by atoms with Gasteiger partial charge in [0.25, 0.3) is 0 Å². The molecule has 1 unspecified atom stereocenters. The van der Waals surface area contributed by atoms with Crippen LogP contribution in [0.3, 0.4) is 0 Å². The molecule has 106 valence electrons. The highest BCUT2D eigenvalue weighted by molar-refractivity contribution is 5.77. The van der Waals surface area contributed by atoms with Gasteiger partial charge in [0.15, 0.2) is 0 Å². The Morgan fingerprint density at radius 3 is 2.53 bits per heavy atom. The maximum atomic E-state index is 13.8. The van der Waals surface area contributed by atoms with Gasteiger partial charge in [-0.15, -0.1) is 0 Å². The van der Waals surface area contributed by atoms with Crippen LogP contribution in [0.25, 0.3) is 0 Å². The second-order valence-corrected chi connectivity index (χ2v) is 4.73. The molecule has 0 aliphatic rings. The van der Waals surface area contributed by atoms with E-state index in [9.17, 15) is 14.3 Å². The molecule has 1 N–H and O–H groups in total. The Bertz CT molecular complexity index is 449. The first kappa shape index (κ1) is 15.4. The average molecular weight is 268 g/mol. The van der Waals surface area contributed by atoms with Gasteiger partial charge < -0.3 is 10.0 Å². The molecule has 0 spiro atoms. The third kappa shape index (κ3) is 3.92. The van der Waals surface area contributed by atoms with Gasteiger partial charge >= 0.3 is 0 Å². The fraction of sp³-hybridized carbons (Fsp3) is 0.500. The molecule has 0 bridgehead atoms. The van der Waals surface area contributed by atoms with Crippen molar-refractivity contribution >= 4 is 5.91 Å². The number of amides is 1. The lowest BCUT2D eigenvalue weighted by molar-refractivity contribution is -0.130. The van der Waals surface area contributed by atoms with E-state index in [-0.39, 0.29) is 24.2 Å². The minimum Gasteiger partial charge on any atom is -0.508 e. The molecule has 1 atom stereocenters. The molecule has 19 heavy (non-hydrogen) atoms. The first-order chi connectivity index (χ1) is 8.86. The zero-order valence-electron chi connectivity index (χ0n) is 11.9. The van der Waals surface area contributed by atoms with Crippen LogP contribution in [0.4, 0.5) is 4.39 Å². The minimum atomic E-state index is -0.455. The van der Waals surface area contributed by atoms with Crippen LogP contribution >= 0.6 is 0 Å². The summed E-state index contributed by atoms with van der Waals surface area (Å²) >= 11 is 0. The second-order valence-electron chi connectivity index (χ2n) is 4.73. The Morgan fingerprint density at radius 2 is 2.05 bits per heavy atom. The van der Waals surface area contributed by atoms with Crippen molar-refractivity contribution in [1.29, 1.82) is 0 Å². The number of likely N-dealkylation sites (N-methyl/N-ethyl adjacent to an activating group) is 2. The van der Waals surface area contributed by atoms with E-state index in [1.54, 1.807) is 20.2 Å². The van der Waals surface area contributed by atoms with Gasteiger partial charge in [-0.2, -0.15) is 0 Å². The summed E-state index contributed by atoms with van der Waals surface area (Å²) in [5.74, 6) is -0.572. The predicted molar refractivity (Wildman–Crippen MR) is 72.4 cm³/mol. The van der Waals surface area contributed by atoms with E-state index >= 15 is 0 Å². The Labute approximate surface area is 113 Å². The van der Waals surface area contributed by atoms with Gasteiger partial charge in [0.05, 0.1) is 6.54 Å². The molecule has 0 aliphatic heterocycles. The van der Waals surface area contributed by atoms with E-state index in [4.69, 9.17) is 0 Å². The lowest BCUT2D eigenvalue weighted by atomic mass is 10.1. The Balaban J connectivity index is 2.89. The summed E-state index contributed by atoms with van der Waals surface area (Å²) in [6.45, 7) is 4.66. The molecular formula is C14H21FN2O2. The number of rotatable bonds is 5. The summed E-state index contributed by atoms with van der Waals surface area (Å²) in [4.78, 5) is 15.1. The van der Waals surface area contributed by atoms with Gasteiger partial charge in [-0.25, -0.2) is 4.39 Å². The Hall–Kier alpha value is -1.62. The van der Waals surface area contributed by atoms with Crippen LogP contribution in [0, 0.1) is 5.82 Å². The molecule has 4 nitrogen and oxygen atoms in total. The van der Waals surface area contributed by atoms with Crippen molar-refractivity contribution in [3.8, 4) is 5.75 Å². The predicted octanol–water partition coefficient (Wildman–Crippen LogP) is 2.00. The minimum absolute atomic E-state index is 0.0205. The van der Waals surface area contributed by atoms with E-state index in [1.165, 1.54) is 11.0 Å². The van der Waals surface area contributed by atoms with Crippen molar-refractivity contribution in [2.75, 3.05) is 27.2 Å². The highest BCUT2D eigenvalue weighted by Crippen LogP contribution is 2.25. The highest BCUT2D eigenvalue weighted by Gasteiger charge is 2.20. The third-order valence-corrected chi connectivity index (χ3v) is 3.23. The van der Waals surface area contributed by atoms with E-state index in [1.807, 2.05) is 18.7 Å². The van der Waals surface area contributed by atoms with Gasteiger partial charge in [-0.05, 0) is 19.5 Å². The van der Waals surface area contributed by atoms with E-state index in [0.717, 1.165) is 6.07 Å². The summed E-state index contributed by atoms with van der Waals surface area (Å²) < 4.78 is 13.8. The summed E-state index contributed by atoms with van der Waals surface area (Å²) in [5.41, 5.74) is 0.478. The number of benzene rings is 1. The van der Waals surface area contributed by atoms with Crippen LogP contribution in [0.2, 0.25) is 0 Å². The molecule has 0 saturated heterocycles. The first-order valence-corrected chi connectivity index (χ1v) is 6.29. The quantitative estimate of drug-likeness (QED) is 0.888. The summed E-state index contributed by atoms with van der Waals surface area (Å²) in [5, 5.41) is 9.22. The van der Waals surface area contributed by atoms with Crippen LogP contribution < -0.4 is 0 Å². The zero-order chi connectivity index (χ0) is 14.6. The number of halogens is 1. The monoisotopic (exact) mass is 268 g/mol. The van der Waals surface area contributed by atoms with Crippen molar-refractivity contribution in [2.45, 2.75) is 19.9 Å². The van der Waals surface area contributed by atoms with E-state index < -0.39 is 5.82 Å². The molecule has 0 radical (unpaired) electrons. The maximum absolute atomic E-state index is 13.8. The molecule has 0 heterocycles. The number of hydrogen-bond donors (Lipinski definition) is 1. The maximum Gasteiger partial charge on any atom is 0.236 e. The van der Waals surface area contributed by atoms with Crippen molar-refractivity contribution in [3.05, 3.63) is 29.6 Å². The molecule has 0 aromatic heterocycles. The lowest BCUT2D eigenvalue weighted by Crippen LogP contribution is -2.38. The highest BCUT2D eigenvalue weighted by atomic mass is 19.1. The van der Waals surface area contributed by atoms with Crippen LogP contribution in [-0.4, -0.2) is 48.0 Å². The number of carbonyl (C=O) groups is 1. The number of hydrogen-bond acceptors (Lipinski definition) is 3. The van der Waals surface area contributed by atoms with Gasteiger partial charge in [0.2, 0.25) is 5.91 Å². The Kier molecular flexibility index (Phi) is 5.30. The normalized spacial score (nSPS) is 12.5. The Morgan fingerprint density at radius 1 is 1.42 bits per heavy atom. The zero-order valence-corrected chi connectivity index (χ0v) is 11.9. The molecule has 1 amide bonds. The van der Waals surface area contributed by atoms with Gasteiger partial charge in [-0.3, -0.25) is 9.69 Å². The SMILES string of the molecule is CCN(CC(=O)N(C)C)C(C)c1ccc(O)cc1F. The first-order valence-electron chi connectivity index (χ1n) is 6.29. The second kappa shape index (κ2) is 6.52. The van der Waals surface area contributed by atoms with Gasteiger partial charge in [0, 0.05) is 31.8 Å². The molecule has 1 aromatic carbocycles. The largest absolute Gasteiger partial charge is 0.508 e. The number of phenols is 1. The molecule has 0 aliphatic carbocycles. The standard InChI is InChI=1S/C14H21FN2O2/c1-5-17(9-14(19)16(3)4)10(2)12-7-6-11(18)8-13(12)15/h6-8,10,18H,5,9H2,1-4H3. The van der Waals surface area contributed by atoms with Crippen LogP contribution in [0.1, 0.15) is 25.5 Å². The lowest BCUT2D eigenvalue weighted by Gasteiger charge is -2.28. The molecule has 1 rings (SSSR count). The van der Waals surface area contributed by atoms with Crippen LogP contribution in [-0.2, 0) is 4.79 Å². The topological polar surface area (TPSA) is 43.8 Å². The number of nitrogens with zero attached hydrogens (tertiary/aromatic N) is 2. The average Bonchev–Trinajstić information content (AvgIpc) is 2.34. The third-order valence-electron chi connectivity index (χ3n) is 3.23. The van der Waals surface area contributed by atoms with Crippen molar-refractivity contribution < 1.29 is 14.3 Å². The fourth-order valence-corrected chi connectivity index (χ4v) is 1.89. The van der Waals surface area contributed by atoms with E-state index in [2.05, 4.69) is 0 Å². The summed E-state index contributed by atoms with van der Waals surface area (Å²) in [6.07, 6.45) is 0. The van der Waals surface area contributed by atoms with Crippen molar-refractivity contribution in [1.82, 2.24) is 9.80 Å². The summed E-state index contributed by atoms with van der Waals surface area (Å²) in [6, 6.07) is 3.87. The van der Waals surface area contributed by atoms with Crippen LogP contribution in [0.15, 0.2) is 18.2 Å². The molecule has 0 fully saturated rings. The van der Waals surface area contributed by atoms with Crippen molar-refractivity contribution in [3.63, 3.8) is 0 Å². The van der Waals surface area contributed by atoms with Crippen LogP contribution in [0.5, 0.6) is 5.75 Å².